The molecule has 43 heavy (non-hydrogen) atoms. The summed E-state index contributed by atoms with van der Waals surface area (Å²) in [6.07, 6.45) is 6.51. The molecule has 0 saturated carbocycles. The summed E-state index contributed by atoms with van der Waals surface area (Å²) in [5.41, 5.74) is 3.17. The van der Waals surface area contributed by atoms with E-state index in [1.54, 1.807) is 21.6 Å². The molecule has 0 spiro atoms. The lowest BCUT2D eigenvalue weighted by atomic mass is 9.84. The Morgan fingerprint density at radius 2 is 1.81 bits per heavy atom. The van der Waals surface area contributed by atoms with Crippen LogP contribution in [0.3, 0.4) is 0 Å². The van der Waals surface area contributed by atoms with Crippen molar-refractivity contribution in [1.29, 1.82) is 0 Å². The van der Waals surface area contributed by atoms with Crippen molar-refractivity contribution in [2.24, 2.45) is 11.8 Å². The average Bonchev–Trinajstić information content (AvgIpc) is 3.55. The molecule has 10 nitrogen and oxygen atoms in total. The van der Waals surface area contributed by atoms with E-state index in [4.69, 9.17) is 9.97 Å². The van der Waals surface area contributed by atoms with Crippen molar-refractivity contribution in [2.75, 3.05) is 49.6 Å². The van der Waals surface area contributed by atoms with Crippen LogP contribution in [0.1, 0.15) is 13.3 Å². The van der Waals surface area contributed by atoms with Crippen LogP contribution in [0.5, 0.6) is 0 Å². The second-order valence-corrected chi connectivity index (χ2v) is 11.6. The number of fused-ring (bicyclic) bond motifs is 4. The van der Waals surface area contributed by atoms with Crippen molar-refractivity contribution in [1.82, 2.24) is 33.8 Å². The van der Waals surface area contributed by atoms with E-state index in [0.29, 0.717) is 47.7 Å². The molecular weight excluding hydrogens is 545 g/mol. The Labute approximate surface area is 249 Å². The fourth-order valence-electron chi connectivity index (χ4n) is 6.82. The number of aromatic nitrogens is 6. The third-order valence-corrected chi connectivity index (χ3v) is 8.68. The Morgan fingerprint density at radius 1 is 1.02 bits per heavy atom. The van der Waals surface area contributed by atoms with Crippen LogP contribution < -0.4 is 15.8 Å². The Hall–Kier alpha value is -4.51. The van der Waals surface area contributed by atoms with E-state index >= 15 is 0 Å². The van der Waals surface area contributed by atoms with Gasteiger partial charge in [0.25, 0.3) is 5.56 Å². The van der Waals surface area contributed by atoms with Gasteiger partial charge in [-0.1, -0.05) is 6.08 Å². The van der Waals surface area contributed by atoms with Gasteiger partial charge in [0, 0.05) is 68.4 Å². The highest BCUT2D eigenvalue weighted by molar-refractivity contribution is 5.80. The monoisotopic (exact) mass is 581 g/mol. The van der Waals surface area contributed by atoms with Gasteiger partial charge in [-0.3, -0.25) is 4.79 Å². The second kappa shape index (κ2) is 11.3. The highest BCUT2D eigenvalue weighted by Crippen LogP contribution is 2.32. The van der Waals surface area contributed by atoms with Gasteiger partial charge in [0.1, 0.15) is 17.7 Å². The summed E-state index contributed by atoms with van der Waals surface area (Å²) in [6, 6.07) is 14.3. The molecule has 2 aliphatic heterocycles. The number of halogens is 1. The van der Waals surface area contributed by atoms with E-state index in [1.807, 2.05) is 36.5 Å². The lowest BCUT2D eigenvalue weighted by Gasteiger charge is -2.46. The molecule has 0 amide bonds. The first-order valence-electron chi connectivity index (χ1n) is 15.0. The Kier molecular flexibility index (Phi) is 7.18. The SMILES string of the molecule is C=CCn1c(=O)c2cnc(Nc3ccc(N4CC5CC(CN(CCF)C5)C4)cc3)nc2n1-c1ccc2ccn(CC)c2n1. The zero-order valence-electron chi connectivity index (χ0n) is 24.4. The van der Waals surface area contributed by atoms with Crippen molar-refractivity contribution in [3.8, 4) is 5.82 Å². The largest absolute Gasteiger partial charge is 0.371 e. The van der Waals surface area contributed by atoms with Crippen LogP contribution in [0.2, 0.25) is 0 Å². The second-order valence-electron chi connectivity index (χ2n) is 11.6. The van der Waals surface area contributed by atoms with Gasteiger partial charge in [-0.25, -0.2) is 23.7 Å². The van der Waals surface area contributed by atoms with Gasteiger partial charge < -0.3 is 19.7 Å². The summed E-state index contributed by atoms with van der Waals surface area (Å²) in [4.78, 5) is 32.3. The summed E-state index contributed by atoms with van der Waals surface area (Å²) in [6.45, 7) is 11.2. The van der Waals surface area contributed by atoms with Crippen LogP contribution in [0.4, 0.5) is 21.7 Å². The standard InChI is InChI=1S/C32H36FN9O/c1-3-13-41-31(43)27-17-34-32(37-30(27)42(41)28-10-5-24-11-14-39(4-2)29(24)36-28)35-25-6-8-26(9-7-25)40-20-22-16-23(21-40)19-38(18-22)15-12-33/h3,5-11,14,17,22-23H,1,4,12-13,15-16,18-21H2,2H3,(H,34,35,37). The molecule has 2 aliphatic rings. The van der Waals surface area contributed by atoms with Gasteiger partial charge in [0.05, 0.1) is 6.54 Å². The molecule has 4 aromatic heterocycles. The Bertz CT molecular complexity index is 1830. The molecule has 222 valence electrons. The number of hydrogen-bond acceptors (Lipinski definition) is 7. The lowest BCUT2D eigenvalue weighted by molar-refractivity contribution is 0.103. The number of piperidine rings is 2. The van der Waals surface area contributed by atoms with Crippen molar-refractivity contribution in [3.63, 3.8) is 0 Å². The van der Waals surface area contributed by atoms with E-state index in [0.717, 1.165) is 49.4 Å². The molecule has 7 rings (SSSR count). The number of rotatable bonds is 9. The molecule has 0 aliphatic carbocycles. The first-order chi connectivity index (χ1) is 21.0. The number of likely N-dealkylation sites (tertiary alicyclic amines) is 1. The number of anilines is 3. The summed E-state index contributed by atoms with van der Waals surface area (Å²) < 4.78 is 18.3. The van der Waals surface area contributed by atoms with E-state index in [-0.39, 0.29) is 12.2 Å². The highest BCUT2D eigenvalue weighted by Gasteiger charge is 2.34. The van der Waals surface area contributed by atoms with Crippen molar-refractivity contribution in [2.45, 2.75) is 26.4 Å². The molecule has 11 heteroatoms. The maximum atomic E-state index is 13.4. The van der Waals surface area contributed by atoms with Crippen LogP contribution in [0, 0.1) is 11.8 Å². The van der Waals surface area contributed by atoms with Crippen LogP contribution in [-0.2, 0) is 13.1 Å². The number of hydrogen-bond donors (Lipinski definition) is 1. The topological polar surface area (TPSA) is 89.0 Å². The maximum absolute atomic E-state index is 13.4. The Morgan fingerprint density at radius 3 is 2.53 bits per heavy atom. The highest BCUT2D eigenvalue weighted by atomic mass is 19.1. The number of pyridine rings is 1. The van der Waals surface area contributed by atoms with Crippen LogP contribution >= 0.6 is 0 Å². The average molecular weight is 582 g/mol. The number of allylic oxidation sites excluding steroid dienone is 1. The lowest BCUT2D eigenvalue weighted by Crippen LogP contribution is -2.53. The molecule has 2 bridgehead atoms. The molecule has 2 fully saturated rings. The summed E-state index contributed by atoms with van der Waals surface area (Å²) in [7, 11) is 0. The Balaban J connectivity index is 1.16. The quantitative estimate of drug-likeness (QED) is 0.254. The molecule has 2 atom stereocenters. The van der Waals surface area contributed by atoms with Gasteiger partial charge >= 0.3 is 0 Å². The minimum atomic E-state index is -0.271. The minimum absolute atomic E-state index is 0.197. The van der Waals surface area contributed by atoms with Crippen LogP contribution in [-0.4, -0.2) is 73.2 Å². The van der Waals surface area contributed by atoms with Crippen LogP contribution in [0.15, 0.2) is 72.3 Å². The number of alkyl halides is 1. The number of aryl methyl sites for hydroxylation is 1. The van der Waals surface area contributed by atoms with E-state index in [2.05, 4.69) is 50.3 Å². The van der Waals surface area contributed by atoms with Crippen molar-refractivity contribution < 1.29 is 4.39 Å². The number of nitrogens with one attached hydrogen (secondary N) is 1. The molecule has 2 unspecified atom stereocenters. The van der Waals surface area contributed by atoms with Gasteiger partial charge in [0.15, 0.2) is 11.5 Å². The maximum Gasteiger partial charge on any atom is 0.278 e. The van der Waals surface area contributed by atoms with Gasteiger partial charge in [-0.15, -0.1) is 6.58 Å². The smallest absolute Gasteiger partial charge is 0.278 e. The molecule has 2 saturated heterocycles. The molecule has 6 heterocycles. The zero-order chi connectivity index (χ0) is 29.5. The first kappa shape index (κ1) is 27.3. The number of nitrogens with zero attached hydrogens (tertiary/aromatic N) is 8. The molecule has 1 N–H and O–H groups in total. The van der Waals surface area contributed by atoms with E-state index in [9.17, 15) is 9.18 Å². The third kappa shape index (κ3) is 5.07. The predicted molar refractivity (Wildman–Crippen MR) is 168 cm³/mol. The number of benzene rings is 1. The van der Waals surface area contributed by atoms with E-state index < -0.39 is 0 Å². The summed E-state index contributed by atoms with van der Waals surface area (Å²) >= 11 is 0. The molecule has 1 aromatic carbocycles. The van der Waals surface area contributed by atoms with Crippen LogP contribution in [0.25, 0.3) is 27.9 Å². The molecular formula is C32H36FN9O. The zero-order valence-corrected chi connectivity index (χ0v) is 24.4. The predicted octanol–water partition coefficient (Wildman–Crippen LogP) is 4.61. The van der Waals surface area contributed by atoms with Crippen molar-refractivity contribution >= 4 is 39.4 Å². The fourth-order valence-corrected chi connectivity index (χ4v) is 6.82. The van der Waals surface area contributed by atoms with Gasteiger partial charge in [-0.05, 0) is 67.6 Å². The summed E-state index contributed by atoms with van der Waals surface area (Å²) in [5, 5.41) is 4.76. The first-order valence-corrected chi connectivity index (χ1v) is 15.0. The normalized spacial score (nSPS) is 18.9. The van der Waals surface area contributed by atoms with E-state index in [1.165, 1.54) is 12.1 Å². The van der Waals surface area contributed by atoms with Gasteiger partial charge in [0.2, 0.25) is 5.95 Å². The molecule has 5 aromatic rings. The fraction of sp³-hybridized carbons (Fsp3) is 0.375. The van der Waals surface area contributed by atoms with Gasteiger partial charge in [-0.2, -0.15) is 4.98 Å². The van der Waals surface area contributed by atoms with Crippen molar-refractivity contribution in [3.05, 3.63) is 77.9 Å². The summed E-state index contributed by atoms with van der Waals surface area (Å²) in [5.74, 6) is 2.14. The minimum Gasteiger partial charge on any atom is -0.371 e. The third-order valence-electron chi connectivity index (χ3n) is 8.68. The molecule has 0 radical (unpaired) electrons.